The average molecular weight is 492 g/mol. The van der Waals surface area contributed by atoms with Crippen molar-refractivity contribution in [3.05, 3.63) is 68.9 Å². The number of aromatic nitrogens is 2. The normalized spacial score (nSPS) is 19.9. The topological polar surface area (TPSA) is 118 Å². The maximum atomic E-state index is 11.2. The van der Waals surface area contributed by atoms with Gasteiger partial charge in [-0.2, -0.15) is 5.10 Å². The number of anilines is 2. The van der Waals surface area contributed by atoms with Crippen LogP contribution in [0.25, 0.3) is 6.08 Å². The fourth-order valence-corrected chi connectivity index (χ4v) is 4.62. The Bertz CT molecular complexity index is 1170. The minimum atomic E-state index is -0.366. The largest absolute Gasteiger partial charge is 0.378 e. The second kappa shape index (κ2) is 11.3. The number of nitrogens with one attached hydrogen (secondary N) is 1. The third-order valence-electron chi connectivity index (χ3n) is 6.41. The first-order valence-electron chi connectivity index (χ1n) is 12.1. The standard InChI is InChI=1S/C25H29N7O4/c33-32(34)22-3-1-2-19(17-22)16-20-4-5-21(25(20)31-10-14-36-15-11-31)18-26-27-23-6-7-24(29-28-23)30-8-12-35-13-9-30/h1-3,6-7,16-18H,4-5,8-15H2,(H,27,28)/b20-16+,26-18+. The Morgan fingerprint density at radius 3 is 2.42 bits per heavy atom. The van der Waals surface area contributed by atoms with Gasteiger partial charge in [0, 0.05) is 44.0 Å². The number of morpholine rings is 2. The van der Waals surface area contributed by atoms with Crippen LogP contribution in [0.2, 0.25) is 0 Å². The molecule has 2 aliphatic heterocycles. The van der Waals surface area contributed by atoms with Crippen molar-refractivity contribution in [2.45, 2.75) is 12.8 Å². The van der Waals surface area contributed by atoms with Crippen molar-refractivity contribution in [1.29, 1.82) is 0 Å². The molecule has 11 heteroatoms. The molecule has 5 rings (SSSR count). The van der Waals surface area contributed by atoms with E-state index < -0.39 is 0 Å². The van der Waals surface area contributed by atoms with Crippen molar-refractivity contribution < 1.29 is 14.4 Å². The van der Waals surface area contributed by atoms with Crippen molar-refractivity contribution in [3.63, 3.8) is 0 Å². The lowest BCUT2D eigenvalue weighted by molar-refractivity contribution is -0.384. The Kier molecular flexibility index (Phi) is 7.48. The SMILES string of the molecule is O=[N+]([O-])c1cccc(/C=C2\CCC(/C=N/Nc3ccc(N4CCOCC4)nn3)=C2N2CCOCC2)c1. The molecule has 1 aromatic carbocycles. The third kappa shape index (κ3) is 5.69. The highest BCUT2D eigenvalue weighted by Crippen LogP contribution is 2.35. The van der Waals surface area contributed by atoms with Gasteiger partial charge in [-0.1, -0.05) is 12.1 Å². The van der Waals surface area contributed by atoms with Gasteiger partial charge < -0.3 is 19.3 Å². The summed E-state index contributed by atoms with van der Waals surface area (Å²) in [5.41, 5.74) is 7.28. The minimum Gasteiger partial charge on any atom is -0.378 e. The van der Waals surface area contributed by atoms with Gasteiger partial charge in [0.2, 0.25) is 0 Å². The van der Waals surface area contributed by atoms with E-state index in [4.69, 9.17) is 9.47 Å². The molecule has 36 heavy (non-hydrogen) atoms. The summed E-state index contributed by atoms with van der Waals surface area (Å²) in [5, 5.41) is 24.2. The maximum absolute atomic E-state index is 11.2. The van der Waals surface area contributed by atoms with Crippen LogP contribution in [0.4, 0.5) is 17.3 Å². The van der Waals surface area contributed by atoms with E-state index in [-0.39, 0.29) is 10.6 Å². The van der Waals surface area contributed by atoms with E-state index in [1.807, 2.05) is 30.5 Å². The van der Waals surface area contributed by atoms with Crippen LogP contribution in [0, 0.1) is 10.1 Å². The van der Waals surface area contributed by atoms with Gasteiger partial charge in [-0.15, -0.1) is 10.2 Å². The van der Waals surface area contributed by atoms with Gasteiger partial charge in [0.25, 0.3) is 5.69 Å². The number of ether oxygens (including phenoxy) is 2. The zero-order chi connectivity index (χ0) is 24.7. The number of non-ortho nitro benzene ring substituents is 1. The van der Waals surface area contributed by atoms with E-state index in [1.165, 1.54) is 6.07 Å². The van der Waals surface area contributed by atoms with Crippen LogP contribution < -0.4 is 10.3 Å². The molecule has 2 fully saturated rings. The Morgan fingerprint density at radius 2 is 1.72 bits per heavy atom. The van der Waals surface area contributed by atoms with Crippen molar-refractivity contribution >= 4 is 29.6 Å². The van der Waals surface area contributed by atoms with Crippen LogP contribution in [0.5, 0.6) is 0 Å². The van der Waals surface area contributed by atoms with Gasteiger partial charge in [-0.3, -0.25) is 15.5 Å². The van der Waals surface area contributed by atoms with Gasteiger partial charge in [-0.25, -0.2) is 0 Å². The predicted molar refractivity (Wildman–Crippen MR) is 137 cm³/mol. The maximum Gasteiger partial charge on any atom is 0.270 e. The van der Waals surface area contributed by atoms with Crippen LogP contribution in [0.3, 0.4) is 0 Å². The number of nitro groups is 1. The van der Waals surface area contributed by atoms with E-state index in [0.29, 0.717) is 32.2 Å². The molecule has 1 aliphatic carbocycles. The van der Waals surface area contributed by atoms with Crippen molar-refractivity contribution in [2.75, 3.05) is 62.9 Å². The highest BCUT2D eigenvalue weighted by Gasteiger charge is 2.25. The number of rotatable bonds is 7. The monoisotopic (exact) mass is 491 g/mol. The zero-order valence-corrected chi connectivity index (χ0v) is 20.0. The summed E-state index contributed by atoms with van der Waals surface area (Å²) in [5.74, 6) is 1.40. The first kappa shape index (κ1) is 23.9. The van der Waals surface area contributed by atoms with Crippen LogP contribution in [0.1, 0.15) is 18.4 Å². The fraction of sp³-hybridized carbons (Fsp3) is 0.400. The summed E-state index contributed by atoms with van der Waals surface area (Å²) in [7, 11) is 0. The first-order chi connectivity index (χ1) is 17.7. The molecule has 0 saturated carbocycles. The second-order valence-electron chi connectivity index (χ2n) is 8.74. The van der Waals surface area contributed by atoms with Gasteiger partial charge in [-0.05, 0) is 47.8 Å². The lowest BCUT2D eigenvalue weighted by atomic mass is 10.1. The smallest absolute Gasteiger partial charge is 0.270 e. The minimum absolute atomic E-state index is 0.0889. The molecule has 0 atom stereocenters. The van der Waals surface area contributed by atoms with Crippen LogP contribution >= 0.6 is 0 Å². The molecule has 1 N–H and O–H groups in total. The molecule has 188 valence electrons. The summed E-state index contributed by atoms with van der Waals surface area (Å²) in [6.45, 7) is 5.94. The molecule has 3 heterocycles. The Labute approximate surface area is 209 Å². The Morgan fingerprint density at radius 1 is 0.972 bits per heavy atom. The highest BCUT2D eigenvalue weighted by molar-refractivity contribution is 5.84. The molecule has 0 unspecified atom stereocenters. The number of nitrogens with zero attached hydrogens (tertiary/aromatic N) is 6. The molecule has 0 spiro atoms. The third-order valence-corrected chi connectivity index (χ3v) is 6.41. The summed E-state index contributed by atoms with van der Waals surface area (Å²) in [6.07, 6.45) is 5.56. The summed E-state index contributed by atoms with van der Waals surface area (Å²) < 4.78 is 10.9. The van der Waals surface area contributed by atoms with E-state index in [2.05, 4.69) is 30.5 Å². The molecule has 2 aromatic rings. The van der Waals surface area contributed by atoms with Gasteiger partial charge in [0.15, 0.2) is 11.6 Å². The van der Waals surface area contributed by atoms with E-state index in [0.717, 1.165) is 67.2 Å². The zero-order valence-electron chi connectivity index (χ0n) is 20.0. The number of hydrogen-bond acceptors (Lipinski definition) is 10. The molecule has 0 radical (unpaired) electrons. The predicted octanol–water partition coefficient (Wildman–Crippen LogP) is 3.08. The molecule has 1 aromatic heterocycles. The molecule has 11 nitrogen and oxygen atoms in total. The number of benzene rings is 1. The lowest BCUT2D eigenvalue weighted by Crippen LogP contribution is -2.36. The summed E-state index contributed by atoms with van der Waals surface area (Å²) >= 11 is 0. The van der Waals surface area contributed by atoms with Crippen LogP contribution in [-0.2, 0) is 9.47 Å². The number of hydrogen-bond donors (Lipinski definition) is 1. The first-order valence-corrected chi connectivity index (χ1v) is 12.1. The Balaban J connectivity index is 1.34. The van der Waals surface area contributed by atoms with Crippen LogP contribution in [0.15, 0.2) is 58.3 Å². The summed E-state index contributed by atoms with van der Waals surface area (Å²) in [6, 6.07) is 10.5. The molecular formula is C25H29N7O4. The molecule has 3 aliphatic rings. The van der Waals surface area contributed by atoms with Crippen molar-refractivity contribution in [2.24, 2.45) is 5.10 Å². The van der Waals surface area contributed by atoms with Crippen LogP contribution in [-0.4, -0.2) is 78.8 Å². The number of allylic oxidation sites excluding steroid dienone is 2. The van der Waals surface area contributed by atoms with Gasteiger partial charge in [0.1, 0.15) is 0 Å². The van der Waals surface area contributed by atoms with Crippen molar-refractivity contribution in [1.82, 2.24) is 15.1 Å². The molecule has 0 amide bonds. The van der Waals surface area contributed by atoms with Crippen molar-refractivity contribution in [3.8, 4) is 0 Å². The van der Waals surface area contributed by atoms with E-state index in [9.17, 15) is 10.1 Å². The van der Waals surface area contributed by atoms with Gasteiger partial charge >= 0.3 is 0 Å². The second-order valence-corrected chi connectivity index (χ2v) is 8.74. The Hall–Kier alpha value is -3.83. The highest BCUT2D eigenvalue weighted by atomic mass is 16.6. The number of nitro benzene ring substituents is 1. The van der Waals surface area contributed by atoms with E-state index >= 15 is 0 Å². The fourth-order valence-electron chi connectivity index (χ4n) is 4.62. The molecule has 0 bridgehead atoms. The summed E-state index contributed by atoms with van der Waals surface area (Å²) in [4.78, 5) is 15.3. The molecular weight excluding hydrogens is 462 g/mol. The molecule has 2 saturated heterocycles. The quantitative estimate of drug-likeness (QED) is 0.354. The average Bonchev–Trinajstić information content (AvgIpc) is 3.32. The number of hydrazone groups is 1. The lowest BCUT2D eigenvalue weighted by Gasteiger charge is -2.31. The van der Waals surface area contributed by atoms with E-state index in [1.54, 1.807) is 12.1 Å². The van der Waals surface area contributed by atoms with Gasteiger partial charge in [0.05, 0.1) is 37.6 Å².